The zero-order valence-corrected chi connectivity index (χ0v) is 23.0. The first-order valence-electron chi connectivity index (χ1n) is 13.9. The van der Waals surface area contributed by atoms with Gasteiger partial charge < -0.3 is 34.6 Å². The number of rotatable bonds is 7. The summed E-state index contributed by atoms with van der Waals surface area (Å²) in [5, 5.41) is 6.08. The number of aromatic amines is 1. The van der Waals surface area contributed by atoms with Gasteiger partial charge in [0.05, 0.1) is 23.3 Å². The second-order valence-corrected chi connectivity index (χ2v) is 11.7. The van der Waals surface area contributed by atoms with Crippen LogP contribution < -0.4 is 24.8 Å². The number of aromatic nitrogens is 3. The zero-order chi connectivity index (χ0) is 27.9. The molecular formula is C29H35N5O6. The summed E-state index contributed by atoms with van der Waals surface area (Å²) >= 11 is 0. The number of carbonyl (C=O) groups is 2. The molecule has 0 bridgehead atoms. The van der Waals surface area contributed by atoms with Crippen LogP contribution in [-0.2, 0) is 4.74 Å². The van der Waals surface area contributed by atoms with Gasteiger partial charge in [0.25, 0.3) is 5.91 Å². The Bertz CT molecular complexity index is 1420. The molecule has 3 aromatic rings. The fourth-order valence-electron chi connectivity index (χ4n) is 5.21. The molecule has 11 nitrogen and oxygen atoms in total. The van der Waals surface area contributed by atoms with Gasteiger partial charge in [-0.3, -0.25) is 4.79 Å². The van der Waals surface area contributed by atoms with Crippen molar-refractivity contribution in [3.8, 4) is 28.5 Å². The lowest BCUT2D eigenvalue weighted by molar-refractivity contribution is 0.0488. The van der Waals surface area contributed by atoms with Crippen molar-refractivity contribution in [3.05, 3.63) is 30.2 Å². The Morgan fingerprint density at radius 1 is 1.02 bits per heavy atom. The first kappa shape index (κ1) is 26.2. The van der Waals surface area contributed by atoms with E-state index in [1.54, 1.807) is 6.20 Å². The second kappa shape index (κ2) is 10.5. The summed E-state index contributed by atoms with van der Waals surface area (Å²) in [7, 11) is 0. The van der Waals surface area contributed by atoms with Crippen molar-refractivity contribution in [2.75, 3.05) is 13.4 Å². The normalized spacial score (nSPS) is 20.3. The van der Waals surface area contributed by atoms with Gasteiger partial charge in [0.2, 0.25) is 6.79 Å². The second-order valence-electron chi connectivity index (χ2n) is 11.7. The molecule has 2 saturated carbocycles. The van der Waals surface area contributed by atoms with Crippen LogP contribution in [-0.4, -0.2) is 58.0 Å². The molecule has 2 aromatic heterocycles. The Balaban J connectivity index is 1.17. The van der Waals surface area contributed by atoms with E-state index in [0.29, 0.717) is 57.6 Å². The molecule has 11 heteroatoms. The molecule has 0 atom stereocenters. The fraction of sp³-hybridized carbons (Fsp3) is 0.517. The van der Waals surface area contributed by atoms with E-state index < -0.39 is 11.7 Å². The van der Waals surface area contributed by atoms with Crippen molar-refractivity contribution >= 4 is 23.0 Å². The van der Waals surface area contributed by atoms with Crippen molar-refractivity contribution in [3.63, 3.8) is 0 Å². The number of ether oxygens (including phenoxy) is 4. The fourth-order valence-corrected chi connectivity index (χ4v) is 5.21. The number of nitrogens with zero attached hydrogens (tertiary/aromatic N) is 2. The molecule has 1 aromatic carbocycles. The predicted octanol–water partition coefficient (Wildman–Crippen LogP) is 4.71. The summed E-state index contributed by atoms with van der Waals surface area (Å²) in [5.41, 5.74) is 2.33. The third kappa shape index (κ3) is 5.64. The molecule has 6 rings (SSSR count). The van der Waals surface area contributed by atoms with Crippen molar-refractivity contribution in [2.24, 2.45) is 5.92 Å². The van der Waals surface area contributed by atoms with Gasteiger partial charge in [0, 0.05) is 18.3 Å². The van der Waals surface area contributed by atoms with E-state index in [9.17, 15) is 9.59 Å². The zero-order valence-electron chi connectivity index (χ0n) is 23.0. The van der Waals surface area contributed by atoms with Gasteiger partial charge in [-0.2, -0.15) is 0 Å². The predicted molar refractivity (Wildman–Crippen MR) is 147 cm³/mol. The summed E-state index contributed by atoms with van der Waals surface area (Å²) in [6.45, 7) is 6.28. The Labute approximate surface area is 232 Å². The highest BCUT2D eigenvalue weighted by molar-refractivity contribution is 6.08. The van der Waals surface area contributed by atoms with E-state index in [0.717, 1.165) is 25.7 Å². The number of alkyl carbamates (subject to hydrolysis) is 1. The maximum atomic E-state index is 13.3. The largest absolute Gasteiger partial charge is 0.492 e. The molecule has 2 aliphatic carbocycles. The number of hydrogen-bond acceptors (Lipinski definition) is 8. The van der Waals surface area contributed by atoms with Crippen LogP contribution in [0.2, 0.25) is 0 Å². The van der Waals surface area contributed by atoms with Crippen molar-refractivity contribution in [1.29, 1.82) is 0 Å². The number of nitrogens with one attached hydrogen (secondary N) is 3. The molecule has 0 radical (unpaired) electrons. The van der Waals surface area contributed by atoms with Crippen LogP contribution in [0.15, 0.2) is 24.7 Å². The summed E-state index contributed by atoms with van der Waals surface area (Å²) in [6.07, 6.45) is 8.09. The maximum absolute atomic E-state index is 13.3. The Morgan fingerprint density at radius 2 is 1.77 bits per heavy atom. The number of H-pyrrole nitrogens is 1. The van der Waals surface area contributed by atoms with Crippen LogP contribution in [0.5, 0.6) is 17.2 Å². The lowest BCUT2D eigenvalue weighted by atomic mass is 9.91. The summed E-state index contributed by atoms with van der Waals surface area (Å²) in [6, 6.07) is 3.75. The van der Waals surface area contributed by atoms with E-state index in [-0.39, 0.29) is 24.8 Å². The highest BCUT2D eigenvalue weighted by atomic mass is 16.7. The van der Waals surface area contributed by atoms with Crippen molar-refractivity contribution in [1.82, 2.24) is 25.6 Å². The molecule has 212 valence electrons. The molecular weight excluding hydrogens is 514 g/mol. The Kier molecular flexibility index (Phi) is 6.89. The van der Waals surface area contributed by atoms with Crippen LogP contribution in [0, 0.1) is 5.92 Å². The highest BCUT2D eigenvalue weighted by Crippen LogP contribution is 2.48. The minimum absolute atomic E-state index is 0.000752. The van der Waals surface area contributed by atoms with Gasteiger partial charge in [0.15, 0.2) is 11.5 Å². The third-order valence-corrected chi connectivity index (χ3v) is 7.40. The number of benzene rings is 1. The number of amides is 2. The smallest absolute Gasteiger partial charge is 0.407 e. The topological polar surface area (TPSA) is 137 Å². The molecule has 0 unspecified atom stereocenters. The number of fused-ring (bicyclic) bond motifs is 2. The van der Waals surface area contributed by atoms with Crippen LogP contribution >= 0.6 is 0 Å². The van der Waals surface area contributed by atoms with Gasteiger partial charge in [0.1, 0.15) is 28.9 Å². The van der Waals surface area contributed by atoms with E-state index in [4.69, 9.17) is 18.9 Å². The summed E-state index contributed by atoms with van der Waals surface area (Å²) in [4.78, 5) is 37.7. The molecule has 2 amide bonds. The van der Waals surface area contributed by atoms with Gasteiger partial charge >= 0.3 is 6.09 Å². The SMILES string of the molecule is CC(C)(C)OC(=O)N[C@H]1CC[C@H](NC(=O)c2c[nH]c3c(-c4c(OCC5CC5)ccc5c4OCO5)ncnc23)CC1. The molecule has 3 aliphatic rings. The van der Waals surface area contributed by atoms with E-state index in [1.165, 1.54) is 19.2 Å². The average Bonchev–Trinajstić information content (AvgIpc) is 3.43. The lowest BCUT2D eigenvalue weighted by Gasteiger charge is -2.30. The molecule has 1 aliphatic heterocycles. The molecule has 2 fully saturated rings. The van der Waals surface area contributed by atoms with Crippen LogP contribution in [0.4, 0.5) is 4.79 Å². The lowest BCUT2D eigenvalue weighted by Crippen LogP contribution is -2.45. The van der Waals surface area contributed by atoms with E-state index >= 15 is 0 Å². The molecule has 40 heavy (non-hydrogen) atoms. The Morgan fingerprint density at radius 3 is 2.50 bits per heavy atom. The van der Waals surface area contributed by atoms with Gasteiger partial charge in [-0.15, -0.1) is 0 Å². The van der Waals surface area contributed by atoms with Crippen molar-refractivity contribution < 1.29 is 28.5 Å². The third-order valence-electron chi connectivity index (χ3n) is 7.40. The van der Waals surface area contributed by atoms with Gasteiger partial charge in [-0.25, -0.2) is 14.8 Å². The highest BCUT2D eigenvalue weighted by Gasteiger charge is 2.30. The van der Waals surface area contributed by atoms with E-state index in [2.05, 4.69) is 25.6 Å². The molecule has 0 spiro atoms. The van der Waals surface area contributed by atoms with Gasteiger partial charge in [-0.05, 0) is 77.3 Å². The monoisotopic (exact) mass is 549 g/mol. The van der Waals surface area contributed by atoms with Gasteiger partial charge in [-0.1, -0.05) is 0 Å². The Hall–Kier alpha value is -4.02. The number of hydrogen-bond donors (Lipinski definition) is 3. The molecule has 3 heterocycles. The minimum Gasteiger partial charge on any atom is -0.492 e. The summed E-state index contributed by atoms with van der Waals surface area (Å²) in [5.74, 6) is 2.23. The average molecular weight is 550 g/mol. The molecule has 3 N–H and O–H groups in total. The van der Waals surface area contributed by atoms with Crippen molar-refractivity contribution in [2.45, 2.75) is 77.0 Å². The maximum Gasteiger partial charge on any atom is 0.407 e. The summed E-state index contributed by atoms with van der Waals surface area (Å²) < 4.78 is 23.0. The van der Waals surface area contributed by atoms with Crippen LogP contribution in [0.3, 0.4) is 0 Å². The standard InChI is InChI=1S/C29H35N5O6/c1-29(2,3)40-28(36)34-18-8-6-17(7-9-18)33-27(35)19-12-30-25-23(19)31-14-32-24(25)22-20(37-13-16-4-5-16)10-11-21-26(22)39-15-38-21/h10-12,14,16-18,30H,4-9,13,15H2,1-3H3,(H,33,35)(H,34,36)/t17-,18-. The quantitative estimate of drug-likeness (QED) is 0.386. The number of carbonyl (C=O) groups excluding carboxylic acids is 2. The minimum atomic E-state index is -0.537. The van der Waals surface area contributed by atoms with E-state index in [1.807, 2.05) is 32.9 Å². The van der Waals surface area contributed by atoms with Crippen LogP contribution in [0.1, 0.15) is 69.7 Å². The first-order chi connectivity index (χ1) is 19.2. The first-order valence-corrected chi connectivity index (χ1v) is 13.9. The van der Waals surface area contributed by atoms with Crippen LogP contribution in [0.25, 0.3) is 22.3 Å². The molecule has 0 saturated heterocycles.